The predicted molar refractivity (Wildman–Crippen MR) is 80.1 cm³/mol. The lowest BCUT2D eigenvalue weighted by Gasteiger charge is -2.21. The van der Waals surface area contributed by atoms with Crippen LogP contribution >= 0.6 is 0 Å². The lowest BCUT2D eigenvalue weighted by atomic mass is 10.0. The van der Waals surface area contributed by atoms with Gasteiger partial charge in [-0.1, -0.05) is 0 Å². The van der Waals surface area contributed by atoms with E-state index in [1.165, 1.54) is 8.61 Å². The van der Waals surface area contributed by atoms with Crippen molar-refractivity contribution in [1.82, 2.24) is 13.6 Å². The lowest BCUT2D eigenvalue weighted by Crippen LogP contribution is -2.38. The minimum Gasteiger partial charge on any atom is -0.388 e. The van der Waals surface area contributed by atoms with Gasteiger partial charge >= 0.3 is 0 Å². The topological polar surface area (TPSA) is 65.5 Å². The highest BCUT2D eigenvalue weighted by atomic mass is 32.2. The molecule has 0 amide bonds. The summed E-state index contributed by atoms with van der Waals surface area (Å²) in [6.07, 6.45) is 0.812. The van der Waals surface area contributed by atoms with Crippen molar-refractivity contribution in [3.63, 3.8) is 0 Å². The molecule has 0 saturated carbocycles. The maximum Gasteiger partial charge on any atom is 0.281 e. The van der Waals surface area contributed by atoms with E-state index in [4.69, 9.17) is 0 Å². The molecule has 112 valence electrons. The minimum atomic E-state index is -3.32. The Hall–Kier alpha value is -1.18. The smallest absolute Gasteiger partial charge is 0.281 e. The van der Waals surface area contributed by atoms with Crippen LogP contribution in [0.15, 0.2) is 12.1 Å². The fraction of sp³-hybridized carbons (Fsp3) is 0.615. The van der Waals surface area contributed by atoms with Crippen molar-refractivity contribution in [3.8, 4) is 0 Å². The fourth-order valence-corrected chi connectivity index (χ4v) is 3.62. The molecular formula is C13H22N4O2S. The summed E-state index contributed by atoms with van der Waals surface area (Å²) in [5.41, 5.74) is 2.92. The summed E-state index contributed by atoms with van der Waals surface area (Å²) < 4.78 is 27.0. The molecule has 1 aromatic heterocycles. The van der Waals surface area contributed by atoms with E-state index in [2.05, 4.69) is 10.3 Å². The summed E-state index contributed by atoms with van der Waals surface area (Å²) in [5.74, 6) is 0.164. The van der Waals surface area contributed by atoms with E-state index in [1.807, 2.05) is 26.1 Å². The van der Waals surface area contributed by atoms with E-state index in [-0.39, 0.29) is 5.92 Å². The number of aryl methyl sites for hydroxylation is 1. The zero-order valence-corrected chi connectivity index (χ0v) is 13.2. The molecule has 1 atom stereocenters. The maximum atomic E-state index is 12.1. The molecule has 0 spiro atoms. The second-order valence-corrected chi connectivity index (χ2v) is 7.45. The van der Waals surface area contributed by atoms with Crippen LogP contribution in [0.2, 0.25) is 0 Å². The summed E-state index contributed by atoms with van der Waals surface area (Å²) >= 11 is 0. The first-order valence-electron chi connectivity index (χ1n) is 6.68. The number of hydrogen-bond donors (Lipinski definition) is 1. The number of anilines is 1. The molecule has 0 bridgehead atoms. The van der Waals surface area contributed by atoms with E-state index in [9.17, 15) is 8.42 Å². The molecule has 0 aliphatic carbocycles. The van der Waals surface area contributed by atoms with Gasteiger partial charge in [0.1, 0.15) is 0 Å². The van der Waals surface area contributed by atoms with Crippen molar-refractivity contribution in [2.45, 2.75) is 19.3 Å². The summed E-state index contributed by atoms with van der Waals surface area (Å²) in [6, 6.07) is 3.98. The molecule has 1 aromatic rings. The van der Waals surface area contributed by atoms with E-state index in [0.29, 0.717) is 13.1 Å². The Morgan fingerprint density at radius 3 is 2.70 bits per heavy atom. The normalized spacial score (nSPS) is 20.6. The molecule has 0 unspecified atom stereocenters. The third kappa shape index (κ3) is 2.94. The molecule has 0 aromatic carbocycles. The second-order valence-electron chi connectivity index (χ2n) is 5.31. The summed E-state index contributed by atoms with van der Waals surface area (Å²) in [5, 5.41) is 3.11. The van der Waals surface area contributed by atoms with E-state index in [0.717, 1.165) is 23.5 Å². The van der Waals surface area contributed by atoms with Crippen LogP contribution in [0.4, 0.5) is 5.69 Å². The van der Waals surface area contributed by atoms with Gasteiger partial charge in [-0.3, -0.25) is 4.98 Å². The third-order valence-electron chi connectivity index (χ3n) is 3.62. The van der Waals surface area contributed by atoms with Gasteiger partial charge in [-0.15, -0.1) is 0 Å². The maximum absolute atomic E-state index is 12.1. The summed E-state index contributed by atoms with van der Waals surface area (Å²) in [6.45, 7) is 3.00. The first kappa shape index (κ1) is 15.2. The van der Waals surface area contributed by atoms with Crippen LogP contribution in [0, 0.1) is 6.92 Å². The zero-order chi connectivity index (χ0) is 14.9. The van der Waals surface area contributed by atoms with E-state index < -0.39 is 10.2 Å². The molecule has 2 heterocycles. The molecular weight excluding hydrogens is 276 g/mol. The highest BCUT2D eigenvalue weighted by molar-refractivity contribution is 7.86. The van der Waals surface area contributed by atoms with Crippen molar-refractivity contribution in [2.75, 3.05) is 39.5 Å². The first-order valence-corrected chi connectivity index (χ1v) is 8.08. The van der Waals surface area contributed by atoms with Gasteiger partial charge in [0.2, 0.25) is 0 Å². The molecule has 2 rings (SSSR count). The number of pyridine rings is 1. The second kappa shape index (κ2) is 5.67. The van der Waals surface area contributed by atoms with Gasteiger partial charge in [0.05, 0.1) is 0 Å². The molecule has 20 heavy (non-hydrogen) atoms. The molecule has 7 heteroatoms. The molecule has 1 fully saturated rings. The van der Waals surface area contributed by atoms with E-state index in [1.54, 1.807) is 14.1 Å². The van der Waals surface area contributed by atoms with Gasteiger partial charge in [0.25, 0.3) is 10.2 Å². The van der Waals surface area contributed by atoms with Crippen molar-refractivity contribution < 1.29 is 8.42 Å². The summed E-state index contributed by atoms with van der Waals surface area (Å²) in [7, 11) is 1.68. The Balaban J connectivity index is 2.20. The Labute approximate surface area is 121 Å². The van der Waals surface area contributed by atoms with Crippen molar-refractivity contribution >= 4 is 15.9 Å². The molecule has 1 saturated heterocycles. The van der Waals surface area contributed by atoms with Crippen LogP contribution in [-0.4, -0.2) is 56.2 Å². The van der Waals surface area contributed by atoms with Crippen molar-refractivity contribution in [1.29, 1.82) is 0 Å². The van der Waals surface area contributed by atoms with Crippen molar-refractivity contribution in [3.05, 3.63) is 23.5 Å². The van der Waals surface area contributed by atoms with Gasteiger partial charge in [0, 0.05) is 57.2 Å². The van der Waals surface area contributed by atoms with Crippen LogP contribution in [0.25, 0.3) is 0 Å². The average Bonchev–Trinajstić information content (AvgIpc) is 2.87. The molecule has 1 aliphatic heterocycles. The average molecular weight is 298 g/mol. The molecule has 1 aliphatic rings. The van der Waals surface area contributed by atoms with Crippen LogP contribution in [-0.2, 0) is 10.2 Å². The predicted octanol–water partition coefficient (Wildman–Crippen LogP) is 1.03. The van der Waals surface area contributed by atoms with Crippen LogP contribution < -0.4 is 5.32 Å². The first-order chi connectivity index (χ1) is 9.34. The minimum absolute atomic E-state index is 0.164. The Bertz CT molecular complexity index is 586. The number of rotatable bonds is 4. The fourth-order valence-electron chi connectivity index (χ4n) is 2.46. The van der Waals surface area contributed by atoms with Crippen LogP contribution in [0.3, 0.4) is 0 Å². The van der Waals surface area contributed by atoms with Gasteiger partial charge in [0.15, 0.2) is 0 Å². The number of aromatic nitrogens is 1. The summed E-state index contributed by atoms with van der Waals surface area (Å²) in [4.78, 5) is 4.55. The van der Waals surface area contributed by atoms with Crippen LogP contribution in [0.1, 0.15) is 23.7 Å². The Morgan fingerprint density at radius 1 is 1.40 bits per heavy atom. The third-order valence-corrected chi connectivity index (χ3v) is 5.53. The number of hydrogen-bond acceptors (Lipinski definition) is 4. The molecule has 0 radical (unpaired) electrons. The SMILES string of the molecule is CNc1cc(C)nc([C@@H]2CCN(S(=O)(=O)N(C)C)C2)c1. The van der Waals surface area contributed by atoms with Crippen molar-refractivity contribution in [2.24, 2.45) is 0 Å². The Morgan fingerprint density at radius 2 is 2.10 bits per heavy atom. The standard InChI is InChI=1S/C13H22N4O2S/c1-10-7-12(14-2)8-13(15-10)11-5-6-17(9-11)20(18,19)16(3)4/h7-8,11H,5-6,9H2,1-4H3,(H,14,15)/t11-/m1/s1. The number of nitrogens with one attached hydrogen (secondary N) is 1. The largest absolute Gasteiger partial charge is 0.388 e. The molecule has 1 N–H and O–H groups in total. The highest BCUT2D eigenvalue weighted by Crippen LogP contribution is 2.29. The monoisotopic (exact) mass is 298 g/mol. The van der Waals surface area contributed by atoms with Crippen LogP contribution in [0.5, 0.6) is 0 Å². The zero-order valence-electron chi connectivity index (χ0n) is 12.4. The Kier molecular flexibility index (Phi) is 4.31. The lowest BCUT2D eigenvalue weighted by molar-refractivity contribution is 0.418. The van der Waals surface area contributed by atoms with Gasteiger partial charge < -0.3 is 5.32 Å². The number of nitrogens with zero attached hydrogens (tertiary/aromatic N) is 3. The molecule has 6 nitrogen and oxygen atoms in total. The van der Waals surface area contributed by atoms with Gasteiger partial charge in [-0.05, 0) is 25.5 Å². The van der Waals surface area contributed by atoms with Gasteiger partial charge in [-0.2, -0.15) is 17.0 Å². The quantitative estimate of drug-likeness (QED) is 0.901. The van der Waals surface area contributed by atoms with Gasteiger partial charge in [-0.25, -0.2) is 0 Å². The van der Waals surface area contributed by atoms with E-state index >= 15 is 0 Å². The highest BCUT2D eigenvalue weighted by Gasteiger charge is 2.34.